The van der Waals surface area contributed by atoms with Crippen LogP contribution in [0, 0.1) is 6.92 Å². The Hall–Kier alpha value is -2.33. The third kappa shape index (κ3) is 4.33. The first-order valence-electron chi connectivity index (χ1n) is 6.93. The molecule has 0 amide bonds. The predicted molar refractivity (Wildman–Crippen MR) is 97.9 cm³/mol. The Morgan fingerprint density at radius 3 is 1.87 bits per heavy atom. The first kappa shape index (κ1) is 18.7. The van der Waals surface area contributed by atoms with Gasteiger partial charge in [-0.15, -0.1) is 12.4 Å². The molecule has 23 heavy (non-hydrogen) atoms. The molecule has 0 aliphatic rings. The van der Waals surface area contributed by atoms with Gasteiger partial charge in [-0.3, -0.25) is 0 Å². The second kappa shape index (κ2) is 8.34. The molecular formula is C18H22ClNO3. The number of aryl methyl sites for hydroxylation is 1. The van der Waals surface area contributed by atoms with Crippen molar-refractivity contribution in [2.75, 3.05) is 27.1 Å². The van der Waals surface area contributed by atoms with Crippen molar-refractivity contribution in [1.82, 2.24) is 0 Å². The van der Waals surface area contributed by atoms with E-state index in [-0.39, 0.29) is 12.4 Å². The van der Waals surface area contributed by atoms with Gasteiger partial charge in [0.15, 0.2) is 11.5 Å². The highest BCUT2D eigenvalue weighted by atomic mass is 35.5. The van der Waals surface area contributed by atoms with Crippen molar-refractivity contribution in [2.45, 2.75) is 6.92 Å². The lowest BCUT2D eigenvalue weighted by Gasteiger charge is -2.12. The molecule has 4 nitrogen and oxygen atoms in total. The van der Waals surface area contributed by atoms with Crippen LogP contribution in [-0.2, 0) is 0 Å². The van der Waals surface area contributed by atoms with Gasteiger partial charge in [-0.1, -0.05) is 24.3 Å². The van der Waals surface area contributed by atoms with Crippen LogP contribution in [0.2, 0.25) is 0 Å². The lowest BCUT2D eigenvalue weighted by molar-refractivity contribution is 0.324. The highest BCUT2D eigenvalue weighted by Crippen LogP contribution is 2.38. The minimum absolute atomic E-state index is 0. The van der Waals surface area contributed by atoms with E-state index in [0.717, 1.165) is 22.4 Å². The maximum atomic E-state index is 5.93. The number of hydrogen-bond donors (Lipinski definition) is 1. The summed E-state index contributed by atoms with van der Waals surface area (Å²) in [6, 6.07) is 9.78. The summed E-state index contributed by atoms with van der Waals surface area (Å²) < 4.78 is 16.0. The van der Waals surface area contributed by atoms with Crippen LogP contribution in [0.4, 0.5) is 5.69 Å². The molecule has 0 aromatic heterocycles. The molecule has 0 spiro atoms. The van der Waals surface area contributed by atoms with Crippen LogP contribution in [0.1, 0.15) is 16.7 Å². The highest BCUT2D eigenvalue weighted by Gasteiger charge is 2.11. The molecule has 2 N–H and O–H groups in total. The standard InChI is InChI=1S/C18H21NO3.ClH/c1-12-5-6-13(9-15(12)19)7-8-14-10-16(20-2)18(22-4)17(11-14)21-3;/h5-11H,19H2,1-4H3;1H/b8-7-;. The molecular weight excluding hydrogens is 314 g/mol. The van der Waals surface area contributed by atoms with Crippen molar-refractivity contribution in [3.05, 3.63) is 47.0 Å². The Balaban J connectivity index is 0.00000264. The smallest absolute Gasteiger partial charge is 0.203 e. The van der Waals surface area contributed by atoms with Crippen LogP contribution in [-0.4, -0.2) is 21.3 Å². The monoisotopic (exact) mass is 335 g/mol. The zero-order valence-electron chi connectivity index (χ0n) is 13.8. The quantitative estimate of drug-likeness (QED) is 0.657. The van der Waals surface area contributed by atoms with Gasteiger partial charge in [0, 0.05) is 5.69 Å². The summed E-state index contributed by atoms with van der Waals surface area (Å²) in [6.07, 6.45) is 3.98. The van der Waals surface area contributed by atoms with Crippen LogP contribution < -0.4 is 19.9 Å². The maximum Gasteiger partial charge on any atom is 0.203 e. The number of nitrogen functional groups attached to an aromatic ring is 1. The summed E-state index contributed by atoms with van der Waals surface area (Å²) in [7, 11) is 4.79. The van der Waals surface area contributed by atoms with Crippen molar-refractivity contribution in [2.24, 2.45) is 0 Å². The topological polar surface area (TPSA) is 53.7 Å². The van der Waals surface area contributed by atoms with E-state index < -0.39 is 0 Å². The summed E-state index contributed by atoms with van der Waals surface area (Å²) >= 11 is 0. The Kier molecular flexibility index (Phi) is 6.79. The van der Waals surface area contributed by atoms with Crippen LogP contribution in [0.3, 0.4) is 0 Å². The molecule has 0 saturated carbocycles. The molecule has 0 aliphatic heterocycles. The molecule has 0 aliphatic carbocycles. The van der Waals surface area contributed by atoms with Gasteiger partial charge in [0.25, 0.3) is 0 Å². The second-order valence-corrected chi connectivity index (χ2v) is 4.91. The molecule has 2 aromatic carbocycles. The van der Waals surface area contributed by atoms with Crippen molar-refractivity contribution in [1.29, 1.82) is 0 Å². The van der Waals surface area contributed by atoms with Gasteiger partial charge >= 0.3 is 0 Å². The lowest BCUT2D eigenvalue weighted by Crippen LogP contribution is -1.95. The molecule has 2 rings (SSSR count). The number of anilines is 1. The van der Waals surface area contributed by atoms with Crippen molar-refractivity contribution in [3.8, 4) is 17.2 Å². The molecule has 0 saturated heterocycles. The number of benzene rings is 2. The number of ether oxygens (including phenoxy) is 3. The Bertz CT molecular complexity index is 674. The normalized spacial score (nSPS) is 10.3. The molecule has 5 heteroatoms. The van der Waals surface area contributed by atoms with Crippen molar-refractivity contribution >= 4 is 30.2 Å². The van der Waals surface area contributed by atoms with E-state index in [1.165, 1.54) is 0 Å². The SMILES string of the molecule is COc1cc(/C=C\c2ccc(C)c(N)c2)cc(OC)c1OC.Cl. The number of halogens is 1. The third-order valence-electron chi connectivity index (χ3n) is 3.46. The molecule has 0 heterocycles. The Morgan fingerprint density at radius 1 is 0.826 bits per heavy atom. The average molecular weight is 336 g/mol. The maximum absolute atomic E-state index is 5.93. The fraction of sp³-hybridized carbons (Fsp3) is 0.222. The van der Waals surface area contributed by atoms with E-state index in [1.807, 2.05) is 49.4 Å². The number of rotatable bonds is 5. The second-order valence-electron chi connectivity index (χ2n) is 4.91. The minimum Gasteiger partial charge on any atom is -0.493 e. The van der Waals surface area contributed by atoms with Crippen LogP contribution in [0.25, 0.3) is 12.2 Å². The van der Waals surface area contributed by atoms with Crippen molar-refractivity contribution in [3.63, 3.8) is 0 Å². The van der Waals surface area contributed by atoms with E-state index in [2.05, 4.69) is 0 Å². The van der Waals surface area contributed by atoms with Gasteiger partial charge in [-0.2, -0.15) is 0 Å². The van der Waals surface area contributed by atoms with Gasteiger partial charge in [0.2, 0.25) is 5.75 Å². The Morgan fingerprint density at radius 2 is 1.39 bits per heavy atom. The molecule has 0 atom stereocenters. The first-order valence-corrected chi connectivity index (χ1v) is 6.93. The molecule has 0 bridgehead atoms. The summed E-state index contributed by atoms with van der Waals surface area (Å²) in [5, 5.41) is 0. The van der Waals surface area contributed by atoms with Gasteiger partial charge in [-0.05, 0) is 41.8 Å². The molecule has 2 aromatic rings. The fourth-order valence-corrected chi connectivity index (χ4v) is 2.15. The summed E-state index contributed by atoms with van der Waals surface area (Å²) in [4.78, 5) is 0. The van der Waals surface area contributed by atoms with Crippen LogP contribution in [0.15, 0.2) is 30.3 Å². The predicted octanol–water partition coefficient (Wildman–Crippen LogP) is 4.20. The van der Waals surface area contributed by atoms with Gasteiger partial charge in [-0.25, -0.2) is 0 Å². The van der Waals surface area contributed by atoms with Crippen molar-refractivity contribution < 1.29 is 14.2 Å². The van der Waals surface area contributed by atoms with Crippen LogP contribution in [0.5, 0.6) is 17.2 Å². The molecule has 0 unspecified atom stereocenters. The summed E-state index contributed by atoms with van der Waals surface area (Å²) in [5.74, 6) is 1.84. The van der Waals surface area contributed by atoms with Crippen LogP contribution >= 0.6 is 12.4 Å². The molecule has 0 radical (unpaired) electrons. The molecule has 124 valence electrons. The third-order valence-corrected chi connectivity index (χ3v) is 3.46. The van der Waals surface area contributed by atoms with E-state index in [4.69, 9.17) is 19.9 Å². The van der Waals surface area contributed by atoms with E-state index in [0.29, 0.717) is 17.2 Å². The number of methoxy groups -OCH3 is 3. The number of nitrogens with two attached hydrogens (primary N) is 1. The largest absolute Gasteiger partial charge is 0.493 e. The average Bonchev–Trinajstić information content (AvgIpc) is 2.54. The zero-order valence-corrected chi connectivity index (χ0v) is 14.6. The summed E-state index contributed by atoms with van der Waals surface area (Å²) in [6.45, 7) is 1.99. The first-order chi connectivity index (χ1) is 10.6. The van der Waals surface area contributed by atoms with Gasteiger partial charge in [0.05, 0.1) is 21.3 Å². The van der Waals surface area contributed by atoms with Gasteiger partial charge in [0.1, 0.15) is 0 Å². The lowest BCUT2D eigenvalue weighted by atomic mass is 10.1. The number of hydrogen-bond acceptors (Lipinski definition) is 4. The minimum atomic E-state index is 0. The van der Waals surface area contributed by atoms with E-state index >= 15 is 0 Å². The van der Waals surface area contributed by atoms with E-state index in [9.17, 15) is 0 Å². The van der Waals surface area contributed by atoms with E-state index in [1.54, 1.807) is 21.3 Å². The molecule has 0 fully saturated rings. The van der Waals surface area contributed by atoms with Gasteiger partial charge < -0.3 is 19.9 Å². The highest BCUT2D eigenvalue weighted by molar-refractivity contribution is 5.85. The fourth-order valence-electron chi connectivity index (χ4n) is 2.15. The zero-order chi connectivity index (χ0) is 16.1. The Labute approximate surface area is 143 Å². The summed E-state index contributed by atoms with van der Waals surface area (Å²) in [5.41, 5.74) is 9.78.